The fourth-order valence-corrected chi connectivity index (χ4v) is 5.36. The number of amides is 1. The molecule has 4 aromatic rings. The third-order valence-corrected chi connectivity index (χ3v) is 7.29. The van der Waals surface area contributed by atoms with Gasteiger partial charge in [0, 0.05) is 43.3 Å². The number of fused-ring (bicyclic) bond motifs is 2. The molecule has 1 aromatic carbocycles. The Morgan fingerprint density at radius 3 is 2.65 bits per heavy atom. The molecule has 3 aromatic heterocycles. The third-order valence-electron chi connectivity index (χ3n) is 7.29. The number of nitrogens with zero attached hydrogens (tertiary/aromatic N) is 6. The standard InChI is InChI=1S/C31H35N7O5/c1-6-7-17-37-25-26(34-28(37)36-16-10-13-21(18-36)33-29(41)43-31(2,3)4)35(5)30(42)38(27(25)40)19-23(39)22-14-8-11-20-12-9-15-32-24(20)22/h8-9,11-12,14-15,21H,10,13,16-19H2,1-5H3,(H,33,41). The van der Waals surface area contributed by atoms with Crippen LogP contribution in [-0.2, 0) is 24.9 Å². The molecule has 12 nitrogen and oxygen atoms in total. The van der Waals surface area contributed by atoms with Crippen LogP contribution in [0.5, 0.6) is 0 Å². The summed E-state index contributed by atoms with van der Waals surface area (Å²) in [7, 11) is 1.53. The summed E-state index contributed by atoms with van der Waals surface area (Å²) >= 11 is 0. The smallest absolute Gasteiger partial charge is 0.407 e. The predicted molar refractivity (Wildman–Crippen MR) is 163 cm³/mol. The Balaban J connectivity index is 1.54. The summed E-state index contributed by atoms with van der Waals surface area (Å²) in [5.41, 5.74) is -0.703. The Labute approximate surface area is 248 Å². The number of para-hydroxylation sites is 1. The van der Waals surface area contributed by atoms with Crippen LogP contribution in [0.1, 0.15) is 50.9 Å². The summed E-state index contributed by atoms with van der Waals surface area (Å²) in [5, 5.41) is 3.71. The molecule has 224 valence electrons. The highest BCUT2D eigenvalue weighted by molar-refractivity contribution is 6.06. The number of Topliss-reactive ketones (excluding diaryl/α,β-unsaturated/α-hetero) is 1. The summed E-state index contributed by atoms with van der Waals surface area (Å²) in [6.07, 6.45) is 2.61. The topological polar surface area (TPSA) is 133 Å². The van der Waals surface area contributed by atoms with Crippen LogP contribution in [0.15, 0.2) is 46.1 Å². The maximum atomic E-state index is 13.9. The Morgan fingerprint density at radius 2 is 1.91 bits per heavy atom. The zero-order chi connectivity index (χ0) is 30.9. The van der Waals surface area contributed by atoms with Gasteiger partial charge in [-0.15, -0.1) is 5.92 Å². The van der Waals surface area contributed by atoms with Gasteiger partial charge in [-0.1, -0.05) is 24.1 Å². The molecule has 1 N–H and O–H groups in total. The number of ether oxygens (including phenoxy) is 1. The van der Waals surface area contributed by atoms with E-state index in [4.69, 9.17) is 9.72 Å². The lowest BCUT2D eigenvalue weighted by Gasteiger charge is -2.34. The number of piperidine rings is 1. The zero-order valence-electron chi connectivity index (χ0n) is 25.0. The largest absolute Gasteiger partial charge is 0.444 e. The molecule has 1 fully saturated rings. The number of ketones is 1. The van der Waals surface area contributed by atoms with E-state index in [1.165, 1.54) is 11.6 Å². The average molecular weight is 586 g/mol. The number of hydrogen-bond acceptors (Lipinski definition) is 8. The number of aromatic nitrogens is 5. The summed E-state index contributed by atoms with van der Waals surface area (Å²) in [6, 6.07) is 8.65. The minimum atomic E-state index is -0.653. The lowest BCUT2D eigenvalue weighted by atomic mass is 10.1. The van der Waals surface area contributed by atoms with Crippen LogP contribution in [0.2, 0.25) is 0 Å². The van der Waals surface area contributed by atoms with Gasteiger partial charge < -0.3 is 15.0 Å². The minimum Gasteiger partial charge on any atom is -0.444 e. The van der Waals surface area contributed by atoms with Crippen LogP contribution < -0.4 is 21.5 Å². The van der Waals surface area contributed by atoms with Gasteiger partial charge in [-0.05, 0) is 52.7 Å². The molecule has 0 bridgehead atoms. The lowest BCUT2D eigenvalue weighted by Crippen LogP contribution is -2.49. The van der Waals surface area contributed by atoms with Gasteiger partial charge in [0.1, 0.15) is 5.60 Å². The number of carbonyl (C=O) groups excluding carboxylic acids is 2. The molecular formula is C31H35N7O5. The van der Waals surface area contributed by atoms with E-state index in [0.29, 0.717) is 30.1 Å². The molecule has 5 rings (SSSR count). The lowest BCUT2D eigenvalue weighted by molar-refractivity contribution is 0.0499. The van der Waals surface area contributed by atoms with Crippen molar-refractivity contribution >= 4 is 39.9 Å². The molecule has 1 saturated heterocycles. The van der Waals surface area contributed by atoms with Gasteiger partial charge in [-0.25, -0.2) is 9.59 Å². The number of rotatable bonds is 6. The van der Waals surface area contributed by atoms with Gasteiger partial charge in [0.05, 0.1) is 18.6 Å². The molecule has 4 heterocycles. The molecule has 1 unspecified atom stereocenters. The molecule has 0 saturated carbocycles. The van der Waals surface area contributed by atoms with Crippen molar-refractivity contribution in [2.75, 3.05) is 18.0 Å². The van der Waals surface area contributed by atoms with Crippen LogP contribution in [0.4, 0.5) is 10.7 Å². The maximum Gasteiger partial charge on any atom is 0.407 e. The van der Waals surface area contributed by atoms with E-state index < -0.39 is 35.3 Å². The van der Waals surface area contributed by atoms with Crippen molar-refractivity contribution in [1.82, 2.24) is 29.0 Å². The maximum absolute atomic E-state index is 13.9. The fourth-order valence-electron chi connectivity index (χ4n) is 5.36. The van der Waals surface area contributed by atoms with E-state index in [2.05, 4.69) is 22.1 Å². The number of pyridine rings is 1. The van der Waals surface area contributed by atoms with E-state index in [-0.39, 0.29) is 23.8 Å². The number of carbonyl (C=O) groups is 2. The number of alkyl carbamates (subject to hydrolysis) is 1. The van der Waals surface area contributed by atoms with Crippen LogP contribution in [0.3, 0.4) is 0 Å². The van der Waals surface area contributed by atoms with Crippen LogP contribution >= 0.6 is 0 Å². The van der Waals surface area contributed by atoms with Gasteiger partial charge in [0.25, 0.3) is 5.56 Å². The fraction of sp³-hybridized carbons (Fsp3) is 0.419. The molecule has 0 spiro atoms. The number of nitrogens with one attached hydrogen (secondary N) is 1. The Bertz CT molecular complexity index is 1900. The van der Waals surface area contributed by atoms with Crippen molar-refractivity contribution in [3.63, 3.8) is 0 Å². The first-order chi connectivity index (χ1) is 20.5. The van der Waals surface area contributed by atoms with E-state index in [1.54, 1.807) is 56.7 Å². The molecule has 0 aliphatic carbocycles. The second-order valence-corrected chi connectivity index (χ2v) is 11.6. The third kappa shape index (κ3) is 6.02. The van der Waals surface area contributed by atoms with Crippen molar-refractivity contribution in [1.29, 1.82) is 0 Å². The SMILES string of the molecule is CC#CCn1c(N2CCCC(NC(=O)OC(C)(C)C)C2)nc2c1c(=O)n(CC(=O)c1cccc3cccnc13)c(=O)n2C. The highest BCUT2D eigenvalue weighted by Gasteiger charge is 2.29. The van der Waals surface area contributed by atoms with E-state index >= 15 is 0 Å². The highest BCUT2D eigenvalue weighted by atomic mass is 16.6. The summed E-state index contributed by atoms with van der Waals surface area (Å²) in [4.78, 5) is 64.3. The molecule has 12 heteroatoms. The first-order valence-electron chi connectivity index (χ1n) is 14.2. The van der Waals surface area contributed by atoms with Gasteiger partial charge in [-0.2, -0.15) is 4.98 Å². The van der Waals surface area contributed by atoms with Crippen molar-refractivity contribution in [3.8, 4) is 11.8 Å². The van der Waals surface area contributed by atoms with Crippen molar-refractivity contribution < 1.29 is 14.3 Å². The molecule has 1 amide bonds. The number of anilines is 1. The van der Waals surface area contributed by atoms with E-state index in [0.717, 1.165) is 22.8 Å². The second-order valence-electron chi connectivity index (χ2n) is 11.6. The van der Waals surface area contributed by atoms with Gasteiger partial charge >= 0.3 is 11.8 Å². The van der Waals surface area contributed by atoms with Gasteiger partial charge in [0.15, 0.2) is 16.9 Å². The quantitative estimate of drug-likeness (QED) is 0.270. The molecule has 43 heavy (non-hydrogen) atoms. The van der Waals surface area contributed by atoms with Crippen LogP contribution in [0, 0.1) is 11.8 Å². The average Bonchev–Trinajstić information content (AvgIpc) is 3.35. The molecule has 0 radical (unpaired) electrons. The van der Waals surface area contributed by atoms with E-state index in [9.17, 15) is 19.2 Å². The summed E-state index contributed by atoms with van der Waals surface area (Å²) in [6.45, 7) is 7.87. The summed E-state index contributed by atoms with van der Waals surface area (Å²) in [5.74, 6) is 5.92. The molecule has 1 atom stereocenters. The first kappa shape index (κ1) is 29.6. The number of hydrogen-bond donors (Lipinski definition) is 1. The molecular weight excluding hydrogens is 550 g/mol. The number of aryl methyl sites for hydroxylation is 1. The Hall–Kier alpha value is -4.92. The monoisotopic (exact) mass is 585 g/mol. The first-order valence-corrected chi connectivity index (χ1v) is 14.2. The molecule has 1 aliphatic heterocycles. The van der Waals surface area contributed by atoms with Crippen LogP contribution in [0.25, 0.3) is 22.1 Å². The zero-order valence-corrected chi connectivity index (χ0v) is 25.0. The minimum absolute atomic E-state index is 0.150. The highest BCUT2D eigenvalue weighted by Crippen LogP contribution is 2.24. The number of imidazole rings is 1. The molecule has 1 aliphatic rings. The number of benzene rings is 1. The Morgan fingerprint density at radius 1 is 1.14 bits per heavy atom. The van der Waals surface area contributed by atoms with Crippen LogP contribution in [-0.4, -0.2) is 60.3 Å². The van der Waals surface area contributed by atoms with Crippen molar-refractivity contribution in [2.45, 2.75) is 65.3 Å². The predicted octanol–water partition coefficient (Wildman–Crippen LogP) is 2.84. The Kier molecular flexibility index (Phi) is 8.08. The normalized spacial score (nSPS) is 15.3. The van der Waals surface area contributed by atoms with Crippen molar-refractivity contribution in [3.05, 3.63) is 62.9 Å². The van der Waals surface area contributed by atoms with Crippen molar-refractivity contribution in [2.24, 2.45) is 7.05 Å². The van der Waals surface area contributed by atoms with E-state index in [1.807, 2.05) is 17.0 Å². The van der Waals surface area contributed by atoms with Gasteiger partial charge in [-0.3, -0.25) is 28.3 Å². The van der Waals surface area contributed by atoms with Gasteiger partial charge in [0.2, 0.25) is 5.95 Å². The second kappa shape index (κ2) is 11.8. The summed E-state index contributed by atoms with van der Waals surface area (Å²) < 4.78 is 9.34.